The second kappa shape index (κ2) is 5.90. The Balaban J connectivity index is 1.87. The lowest BCUT2D eigenvalue weighted by atomic mass is 10.1. The minimum atomic E-state index is 0.631. The van der Waals surface area contributed by atoms with E-state index in [1.807, 2.05) is 30.3 Å². The number of aromatic nitrogens is 2. The molecule has 1 aromatic carbocycles. The van der Waals surface area contributed by atoms with Gasteiger partial charge in [0.15, 0.2) is 0 Å². The summed E-state index contributed by atoms with van der Waals surface area (Å²) >= 11 is 3.40. The van der Waals surface area contributed by atoms with Crippen molar-refractivity contribution in [3.05, 3.63) is 64.4 Å². The zero-order valence-electron chi connectivity index (χ0n) is 11.0. The van der Waals surface area contributed by atoms with Crippen LogP contribution in [-0.2, 0) is 6.54 Å². The number of rotatable bonds is 3. The van der Waals surface area contributed by atoms with Crippen molar-refractivity contribution in [1.82, 2.24) is 9.97 Å². The predicted octanol–water partition coefficient (Wildman–Crippen LogP) is 3.88. The van der Waals surface area contributed by atoms with Crippen LogP contribution in [0.1, 0.15) is 11.1 Å². The number of anilines is 1. The van der Waals surface area contributed by atoms with E-state index in [0.717, 1.165) is 26.8 Å². The fraction of sp³-hybridized carbons (Fsp3) is 0.0625. The van der Waals surface area contributed by atoms with Gasteiger partial charge in [0.2, 0.25) is 0 Å². The Kier molecular flexibility index (Phi) is 3.80. The van der Waals surface area contributed by atoms with E-state index < -0.39 is 0 Å². The molecule has 2 heterocycles. The molecule has 3 rings (SSSR count). The van der Waals surface area contributed by atoms with Gasteiger partial charge >= 0.3 is 0 Å². The normalized spacial score (nSPS) is 10.3. The third-order valence-corrected chi connectivity index (χ3v) is 3.52. The average molecular weight is 339 g/mol. The molecule has 0 saturated carbocycles. The Morgan fingerprint density at radius 1 is 1.19 bits per heavy atom. The van der Waals surface area contributed by atoms with E-state index in [9.17, 15) is 0 Å². The number of pyridine rings is 2. The number of nitriles is 1. The van der Waals surface area contributed by atoms with Crippen LogP contribution in [0.2, 0.25) is 0 Å². The molecule has 0 spiro atoms. The zero-order valence-corrected chi connectivity index (χ0v) is 12.6. The highest BCUT2D eigenvalue weighted by atomic mass is 79.9. The van der Waals surface area contributed by atoms with Crippen molar-refractivity contribution in [2.75, 3.05) is 5.32 Å². The van der Waals surface area contributed by atoms with Gasteiger partial charge in [-0.2, -0.15) is 5.26 Å². The molecule has 2 aromatic heterocycles. The largest absolute Gasteiger partial charge is 0.379 e. The summed E-state index contributed by atoms with van der Waals surface area (Å²) in [5.41, 5.74) is 4.30. The summed E-state index contributed by atoms with van der Waals surface area (Å²) in [4.78, 5) is 8.71. The van der Waals surface area contributed by atoms with E-state index in [1.54, 1.807) is 18.5 Å². The molecule has 4 nitrogen and oxygen atoms in total. The highest BCUT2D eigenvalue weighted by Gasteiger charge is 2.04. The number of hydrogen-bond acceptors (Lipinski definition) is 4. The summed E-state index contributed by atoms with van der Waals surface area (Å²) in [5, 5.41) is 12.3. The maximum Gasteiger partial charge on any atom is 0.112 e. The molecular weight excluding hydrogens is 328 g/mol. The lowest BCUT2D eigenvalue weighted by Crippen LogP contribution is -2.01. The molecule has 0 aliphatic rings. The van der Waals surface area contributed by atoms with Gasteiger partial charge in [-0.1, -0.05) is 12.1 Å². The van der Waals surface area contributed by atoms with Crippen LogP contribution in [0.4, 0.5) is 5.69 Å². The lowest BCUT2D eigenvalue weighted by Gasteiger charge is -2.09. The standard InChI is InChI=1S/C16H11BrN4/c17-13-7-15-16(21-10-13)14(4-5-19-15)20-9-12-3-1-2-11(6-12)8-18/h1-7,10H,9H2,(H,19,20). The van der Waals surface area contributed by atoms with Crippen LogP contribution in [0.15, 0.2) is 53.3 Å². The third-order valence-electron chi connectivity index (χ3n) is 3.08. The Morgan fingerprint density at radius 3 is 2.95 bits per heavy atom. The maximum absolute atomic E-state index is 8.92. The SMILES string of the molecule is N#Cc1cccc(CNc2ccnc3cc(Br)cnc23)c1. The molecule has 0 saturated heterocycles. The molecule has 0 atom stereocenters. The number of nitrogens with zero attached hydrogens (tertiary/aromatic N) is 3. The van der Waals surface area contributed by atoms with Crippen LogP contribution in [-0.4, -0.2) is 9.97 Å². The van der Waals surface area contributed by atoms with Crippen LogP contribution in [0.5, 0.6) is 0 Å². The first-order valence-electron chi connectivity index (χ1n) is 6.39. The van der Waals surface area contributed by atoms with Gasteiger partial charge in [0.05, 0.1) is 22.8 Å². The van der Waals surface area contributed by atoms with E-state index in [2.05, 4.69) is 37.3 Å². The minimum Gasteiger partial charge on any atom is -0.379 e. The number of fused-ring (bicyclic) bond motifs is 1. The van der Waals surface area contributed by atoms with Crippen molar-refractivity contribution >= 4 is 32.7 Å². The summed E-state index contributed by atoms with van der Waals surface area (Å²) < 4.78 is 0.904. The van der Waals surface area contributed by atoms with Crippen molar-refractivity contribution in [2.45, 2.75) is 6.54 Å². The van der Waals surface area contributed by atoms with Crippen LogP contribution in [0.3, 0.4) is 0 Å². The van der Waals surface area contributed by atoms with Gasteiger partial charge in [-0.15, -0.1) is 0 Å². The van der Waals surface area contributed by atoms with Gasteiger partial charge in [0.25, 0.3) is 0 Å². The fourth-order valence-electron chi connectivity index (χ4n) is 2.10. The first-order chi connectivity index (χ1) is 10.3. The summed E-state index contributed by atoms with van der Waals surface area (Å²) in [6.45, 7) is 0.631. The summed E-state index contributed by atoms with van der Waals surface area (Å²) in [6, 6.07) is 13.5. The number of benzene rings is 1. The molecule has 1 N–H and O–H groups in total. The van der Waals surface area contributed by atoms with Crippen LogP contribution < -0.4 is 5.32 Å². The Labute approximate surface area is 130 Å². The molecule has 3 aromatic rings. The molecule has 0 aliphatic carbocycles. The van der Waals surface area contributed by atoms with Crippen molar-refractivity contribution in [3.8, 4) is 6.07 Å². The first kappa shape index (κ1) is 13.5. The molecule has 0 aliphatic heterocycles. The quantitative estimate of drug-likeness (QED) is 0.787. The van der Waals surface area contributed by atoms with E-state index in [-0.39, 0.29) is 0 Å². The van der Waals surface area contributed by atoms with Crippen LogP contribution >= 0.6 is 15.9 Å². The summed E-state index contributed by atoms with van der Waals surface area (Å²) in [7, 11) is 0. The average Bonchev–Trinajstić information content (AvgIpc) is 2.52. The van der Waals surface area contributed by atoms with Crippen molar-refractivity contribution in [3.63, 3.8) is 0 Å². The van der Waals surface area contributed by atoms with E-state index in [0.29, 0.717) is 12.1 Å². The van der Waals surface area contributed by atoms with Crippen LogP contribution in [0, 0.1) is 11.3 Å². The minimum absolute atomic E-state index is 0.631. The Hall–Kier alpha value is -2.45. The topological polar surface area (TPSA) is 61.6 Å². The summed E-state index contributed by atoms with van der Waals surface area (Å²) in [5.74, 6) is 0. The second-order valence-corrected chi connectivity index (χ2v) is 5.46. The monoisotopic (exact) mass is 338 g/mol. The Morgan fingerprint density at radius 2 is 2.10 bits per heavy atom. The number of hydrogen-bond donors (Lipinski definition) is 1. The second-order valence-electron chi connectivity index (χ2n) is 4.55. The predicted molar refractivity (Wildman–Crippen MR) is 85.7 cm³/mol. The van der Waals surface area contributed by atoms with Gasteiger partial charge in [0.1, 0.15) is 5.52 Å². The van der Waals surface area contributed by atoms with Gasteiger partial charge in [-0.25, -0.2) is 0 Å². The van der Waals surface area contributed by atoms with E-state index in [1.165, 1.54) is 0 Å². The van der Waals surface area contributed by atoms with E-state index >= 15 is 0 Å². The fourth-order valence-corrected chi connectivity index (χ4v) is 2.42. The molecule has 0 radical (unpaired) electrons. The highest BCUT2D eigenvalue weighted by molar-refractivity contribution is 9.10. The van der Waals surface area contributed by atoms with Gasteiger partial charge in [0, 0.05) is 23.4 Å². The molecule has 5 heteroatoms. The number of halogens is 1. The highest BCUT2D eigenvalue weighted by Crippen LogP contribution is 2.22. The Bertz CT molecular complexity index is 839. The smallest absolute Gasteiger partial charge is 0.112 e. The maximum atomic E-state index is 8.92. The van der Waals surface area contributed by atoms with Gasteiger partial charge in [-0.3, -0.25) is 9.97 Å². The van der Waals surface area contributed by atoms with Crippen molar-refractivity contribution < 1.29 is 0 Å². The lowest BCUT2D eigenvalue weighted by molar-refractivity contribution is 1.14. The van der Waals surface area contributed by atoms with Crippen molar-refractivity contribution in [2.24, 2.45) is 0 Å². The van der Waals surface area contributed by atoms with Gasteiger partial charge < -0.3 is 5.32 Å². The van der Waals surface area contributed by atoms with E-state index in [4.69, 9.17) is 5.26 Å². The molecule has 102 valence electrons. The summed E-state index contributed by atoms with van der Waals surface area (Å²) in [6.07, 6.45) is 3.51. The van der Waals surface area contributed by atoms with Crippen LogP contribution in [0.25, 0.3) is 11.0 Å². The van der Waals surface area contributed by atoms with Crippen molar-refractivity contribution in [1.29, 1.82) is 5.26 Å². The molecule has 0 bridgehead atoms. The first-order valence-corrected chi connectivity index (χ1v) is 7.19. The molecule has 0 fully saturated rings. The molecular formula is C16H11BrN4. The molecule has 0 unspecified atom stereocenters. The molecule has 21 heavy (non-hydrogen) atoms. The zero-order chi connectivity index (χ0) is 14.7. The van der Waals surface area contributed by atoms with Gasteiger partial charge in [-0.05, 0) is 45.8 Å². The number of nitrogens with one attached hydrogen (secondary N) is 1. The third kappa shape index (κ3) is 3.01. The molecule has 0 amide bonds.